The largest absolute Gasteiger partial charge is 0.394 e. The lowest BCUT2D eigenvalue weighted by molar-refractivity contribution is -0.123. The van der Waals surface area contributed by atoms with E-state index in [2.05, 4.69) is 31.3 Å². The minimum absolute atomic E-state index is 0.0811. The lowest BCUT2D eigenvalue weighted by Crippen LogP contribution is -2.45. The van der Waals surface area contributed by atoms with Crippen molar-refractivity contribution in [2.24, 2.45) is 0 Å². The van der Waals surface area contributed by atoms with Crippen molar-refractivity contribution in [3.8, 4) is 0 Å². The van der Waals surface area contributed by atoms with Crippen LogP contribution in [0.1, 0.15) is 162 Å². The van der Waals surface area contributed by atoms with E-state index < -0.39 is 12.1 Å². The number of rotatable bonds is 28. The SMILES string of the molecule is CCCC/C=C\CCCCCCC(=O)NC(CO)C(O)/C=C/CCCCCCCCCCCCCCC. The van der Waals surface area contributed by atoms with Crippen LogP contribution in [0.3, 0.4) is 0 Å². The number of aliphatic hydroxyl groups excluding tert-OH is 2. The Kier molecular flexibility index (Phi) is 28.5. The first-order valence-electron chi connectivity index (χ1n) is 16.1. The molecule has 0 aliphatic carbocycles. The smallest absolute Gasteiger partial charge is 0.220 e. The van der Waals surface area contributed by atoms with Crippen LogP contribution in [-0.2, 0) is 4.79 Å². The van der Waals surface area contributed by atoms with Gasteiger partial charge in [0.2, 0.25) is 5.91 Å². The summed E-state index contributed by atoms with van der Waals surface area (Å²) >= 11 is 0. The first-order valence-corrected chi connectivity index (χ1v) is 16.1. The first kappa shape index (κ1) is 35.9. The summed E-state index contributed by atoms with van der Waals surface area (Å²) in [7, 11) is 0. The van der Waals surface area contributed by atoms with Gasteiger partial charge in [-0.2, -0.15) is 0 Å². The maximum atomic E-state index is 12.2. The van der Waals surface area contributed by atoms with Gasteiger partial charge in [0, 0.05) is 6.42 Å². The van der Waals surface area contributed by atoms with E-state index in [9.17, 15) is 15.0 Å². The van der Waals surface area contributed by atoms with Gasteiger partial charge in [-0.15, -0.1) is 0 Å². The Morgan fingerprint density at radius 3 is 1.57 bits per heavy atom. The quantitative estimate of drug-likeness (QED) is 0.0711. The van der Waals surface area contributed by atoms with Gasteiger partial charge >= 0.3 is 0 Å². The van der Waals surface area contributed by atoms with Crippen molar-refractivity contribution in [2.75, 3.05) is 6.61 Å². The number of aliphatic hydroxyl groups is 2. The van der Waals surface area contributed by atoms with Crippen molar-refractivity contribution >= 4 is 5.91 Å². The Morgan fingerprint density at radius 1 is 0.622 bits per heavy atom. The van der Waals surface area contributed by atoms with Crippen LogP contribution in [-0.4, -0.2) is 34.9 Å². The van der Waals surface area contributed by atoms with Crippen molar-refractivity contribution in [1.29, 1.82) is 0 Å². The van der Waals surface area contributed by atoms with Crippen molar-refractivity contribution in [1.82, 2.24) is 5.32 Å². The van der Waals surface area contributed by atoms with E-state index in [1.54, 1.807) is 6.08 Å². The van der Waals surface area contributed by atoms with Crippen molar-refractivity contribution in [3.63, 3.8) is 0 Å². The van der Waals surface area contributed by atoms with Gasteiger partial charge < -0.3 is 15.5 Å². The summed E-state index contributed by atoms with van der Waals surface area (Å²) in [5.41, 5.74) is 0. The van der Waals surface area contributed by atoms with E-state index in [0.717, 1.165) is 38.5 Å². The van der Waals surface area contributed by atoms with Crippen LogP contribution < -0.4 is 5.32 Å². The highest BCUT2D eigenvalue weighted by atomic mass is 16.3. The molecule has 1 amide bonds. The number of allylic oxidation sites excluding steroid dienone is 3. The fraction of sp³-hybridized carbons (Fsp3) is 0.848. The minimum atomic E-state index is -0.838. The molecular formula is C33H63NO3. The molecule has 0 fully saturated rings. The predicted molar refractivity (Wildman–Crippen MR) is 161 cm³/mol. The Morgan fingerprint density at radius 2 is 1.05 bits per heavy atom. The summed E-state index contributed by atoms with van der Waals surface area (Å²) in [4.78, 5) is 12.2. The third-order valence-electron chi connectivity index (χ3n) is 7.18. The number of carbonyl (C=O) groups is 1. The molecule has 2 unspecified atom stereocenters. The van der Waals surface area contributed by atoms with Crippen molar-refractivity contribution in [2.45, 2.75) is 174 Å². The maximum absolute atomic E-state index is 12.2. The zero-order valence-electron chi connectivity index (χ0n) is 24.7. The Balaban J connectivity index is 3.67. The maximum Gasteiger partial charge on any atom is 0.220 e. The van der Waals surface area contributed by atoms with Crippen LogP contribution in [0.5, 0.6) is 0 Å². The second kappa shape index (κ2) is 29.4. The number of hydrogen-bond acceptors (Lipinski definition) is 3. The standard InChI is InChI=1S/C33H63NO3/c1-3-5-7-9-11-13-15-16-17-18-19-20-22-24-26-28-32(36)31(30-35)34-33(37)29-27-25-23-21-14-12-10-8-6-4-2/h10,12,26,28,31-32,35-36H,3-9,11,13-25,27,29-30H2,1-2H3,(H,34,37)/b12-10-,28-26+. The van der Waals surface area contributed by atoms with Crippen LogP contribution in [0, 0.1) is 0 Å². The molecule has 0 spiro atoms. The Bertz CT molecular complexity index is 532. The molecule has 3 N–H and O–H groups in total. The number of nitrogens with one attached hydrogen (secondary N) is 1. The Labute approximate surface area is 230 Å². The number of hydrogen-bond donors (Lipinski definition) is 3. The van der Waals surface area contributed by atoms with Gasteiger partial charge in [-0.3, -0.25) is 4.79 Å². The summed E-state index contributed by atoms with van der Waals surface area (Å²) < 4.78 is 0. The average molecular weight is 522 g/mol. The number of unbranched alkanes of at least 4 members (excludes halogenated alkanes) is 19. The van der Waals surface area contributed by atoms with E-state index >= 15 is 0 Å². The molecule has 0 rings (SSSR count). The highest BCUT2D eigenvalue weighted by Gasteiger charge is 2.17. The summed E-state index contributed by atoms with van der Waals surface area (Å²) in [5, 5.41) is 22.7. The van der Waals surface area contributed by atoms with Crippen LogP contribution >= 0.6 is 0 Å². The minimum Gasteiger partial charge on any atom is -0.394 e. The van der Waals surface area contributed by atoms with Crippen LogP contribution in [0.25, 0.3) is 0 Å². The predicted octanol–water partition coefficient (Wildman–Crippen LogP) is 8.95. The molecule has 218 valence electrons. The van der Waals surface area contributed by atoms with E-state index in [4.69, 9.17) is 0 Å². The molecular weight excluding hydrogens is 458 g/mol. The van der Waals surface area contributed by atoms with Crippen LogP contribution in [0.4, 0.5) is 0 Å². The topological polar surface area (TPSA) is 69.6 Å². The van der Waals surface area contributed by atoms with Crippen molar-refractivity contribution in [3.05, 3.63) is 24.3 Å². The molecule has 0 aliphatic heterocycles. The van der Waals surface area contributed by atoms with Gasteiger partial charge in [-0.1, -0.05) is 141 Å². The third kappa shape index (κ3) is 26.3. The van der Waals surface area contributed by atoms with E-state index in [-0.39, 0.29) is 12.5 Å². The van der Waals surface area contributed by atoms with Gasteiger partial charge in [-0.25, -0.2) is 0 Å². The highest BCUT2D eigenvalue weighted by Crippen LogP contribution is 2.13. The second-order valence-corrected chi connectivity index (χ2v) is 10.9. The normalized spacial score (nSPS) is 13.5. The first-order chi connectivity index (χ1) is 18.2. The molecule has 0 aromatic carbocycles. The zero-order valence-corrected chi connectivity index (χ0v) is 24.7. The highest BCUT2D eigenvalue weighted by molar-refractivity contribution is 5.76. The molecule has 0 saturated carbocycles. The summed E-state index contributed by atoms with van der Waals surface area (Å²) in [5.74, 6) is -0.0811. The molecule has 4 heteroatoms. The fourth-order valence-corrected chi connectivity index (χ4v) is 4.63. The molecule has 4 nitrogen and oxygen atoms in total. The van der Waals surface area contributed by atoms with Crippen LogP contribution in [0.2, 0.25) is 0 Å². The number of amides is 1. The molecule has 0 heterocycles. The molecule has 2 atom stereocenters. The lowest BCUT2D eigenvalue weighted by atomic mass is 10.0. The second-order valence-electron chi connectivity index (χ2n) is 10.9. The molecule has 37 heavy (non-hydrogen) atoms. The molecule has 0 aliphatic rings. The average Bonchev–Trinajstić information content (AvgIpc) is 2.90. The van der Waals surface area contributed by atoms with E-state index in [0.29, 0.717) is 6.42 Å². The molecule has 0 bridgehead atoms. The van der Waals surface area contributed by atoms with E-state index in [1.165, 1.54) is 103 Å². The van der Waals surface area contributed by atoms with Gasteiger partial charge in [0.25, 0.3) is 0 Å². The summed E-state index contributed by atoms with van der Waals surface area (Å²) in [6.07, 6.45) is 35.4. The third-order valence-corrected chi connectivity index (χ3v) is 7.18. The van der Waals surface area contributed by atoms with Crippen molar-refractivity contribution < 1.29 is 15.0 Å². The molecule has 0 radical (unpaired) electrons. The van der Waals surface area contributed by atoms with Gasteiger partial charge in [0.1, 0.15) is 0 Å². The lowest BCUT2D eigenvalue weighted by Gasteiger charge is -2.20. The Hall–Kier alpha value is -1.13. The van der Waals surface area contributed by atoms with Crippen LogP contribution in [0.15, 0.2) is 24.3 Å². The fourth-order valence-electron chi connectivity index (χ4n) is 4.63. The molecule has 0 aromatic rings. The number of carbonyl (C=O) groups excluding carboxylic acids is 1. The monoisotopic (exact) mass is 521 g/mol. The zero-order chi connectivity index (χ0) is 27.2. The van der Waals surface area contributed by atoms with Gasteiger partial charge in [-0.05, 0) is 38.5 Å². The van der Waals surface area contributed by atoms with E-state index in [1.807, 2.05) is 6.08 Å². The molecule has 0 aromatic heterocycles. The van der Waals surface area contributed by atoms with Gasteiger partial charge in [0.15, 0.2) is 0 Å². The van der Waals surface area contributed by atoms with Gasteiger partial charge in [0.05, 0.1) is 18.8 Å². The summed E-state index contributed by atoms with van der Waals surface area (Å²) in [6.45, 7) is 4.24. The summed E-state index contributed by atoms with van der Waals surface area (Å²) in [6, 6.07) is -0.622. The molecule has 0 saturated heterocycles.